The van der Waals surface area contributed by atoms with Crippen molar-refractivity contribution in [3.8, 4) is 0 Å². The van der Waals surface area contributed by atoms with Crippen LogP contribution >= 0.6 is 0 Å². The third-order valence-electron chi connectivity index (χ3n) is 7.49. The van der Waals surface area contributed by atoms with Crippen LogP contribution in [0.2, 0.25) is 0 Å². The summed E-state index contributed by atoms with van der Waals surface area (Å²) in [7, 11) is 0. The Morgan fingerprint density at radius 3 is 2.64 bits per heavy atom. The zero-order valence-corrected chi connectivity index (χ0v) is 19.8. The number of hydrogen-bond donors (Lipinski definition) is 1. The van der Waals surface area contributed by atoms with Crippen molar-refractivity contribution in [2.24, 2.45) is 5.92 Å². The molecule has 8 nitrogen and oxygen atoms in total. The fourth-order valence-electron chi connectivity index (χ4n) is 5.58. The minimum atomic E-state index is -1.28. The summed E-state index contributed by atoms with van der Waals surface area (Å²) in [5.41, 5.74) is -0.671. The van der Waals surface area contributed by atoms with E-state index in [0.717, 1.165) is 18.9 Å². The van der Waals surface area contributed by atoms with Crippen molar-refractivity contribution in [2.75, 3.05) is 26.2 Å². The molecule has 5 rings (SSSR count). The van der Waals surface area contributed by atoms with E-state index in [0.29, 0.717) is 38.1 Å². The van der Waals surface area contributed by atoms with Crippen LogP contribution in [0.5, 0.6) is 0 Å². The van der Waals surface area contributed by atoms with Gasteiger partial charge in [-0.2, -0.15) is 0 Å². The van der Waals surface area contributed by atoms with Crippen molar-refractivity contribution in [2.45, 2.75) is 43.7 Å². The second-order valence-corrected chi connectivity index (χ2v) is 9.58. The summed E-state index contributed by atoms with van der Waals surface area (Å²) in [5.74, 6) is -2.91. The molecule has 3 aliphatic heterocycles. The van der Waals surface area contributed by atoms with Crippen LogP contribution in [0.15, 0.2) is 42.7 Å². The molecule has 0 saturated carbocycles. The number of pyridine rings is 1. The third-order valence-corrected chi connectivity index (χ3v) is 7.49. The number of likely N-dealkylation sites (tertiary alicyclic amines) is 1. The Kier molecular flexibility index (Phi) is 6.70. The summed E-state index contributed by atoms with van der Waals surface area (Å²) in [6.45, 7) is 1.48. The molecule has 1 N–H and O–H groups in total. The van der Waals surface area contributed by atoms with Crippen LogP contribution in [0, 0.1) is 17.6 Å². The number of carbonyl (C=O) groups is 3. The molecule has 0 aliphatic carbocycles. The second kappa shape index (κ2) is 9.93. The van der Waals surface area contributed by atoms with Gasteiger partial charge < -0.3 is 15.0 Å². The zero-order chi connectivity index (χ0) is 25.3. The average molecular weight is 499 g/mol. The Morgan fingerprint density at radius 2 is 1.94 bits per heavy atom. The highest BCUT2D eigenvalue weighted by Crippen LogP contribution is 2.41. The smallest absolute Gasteiger partial charge is 0.325 e. The number of halogens is 2. The molecule has 2 atom stereocenters. The van der Waals surface area contributed by atoms with Gasteiger partial charge in [0.05, 0.1) is 19.1 Å². The monoisotopic (exact) mass is 498 g/mol. The SMILES string of the molecule is O=C(Cc1cccc(F)c1F)N1CCC([C@]2(c3cccnc3)NC(=O)N(C[C@H]3CCCO3)C2=O)CC1. The Bertz CT molecular complexity index is 1150. The van der Waals surface area contributed by atoms with Gasteiger partial charge in [-0.15, -0.1) is 0 Å². The Labute approximate surface area is 207 Å². The van der Waals surface area contributed by atoms with E-state index >= 15 is 0 Å². The van der Waals surface area contributed by atoms with Gasteiger partial charge in [0.15, 0.2) is 17.2 Å². The van der Waals surface area contributed by atoms with E-state index in [1.54, 1.807) is 29.4 Å². The number of piperidine rings is 1. The van der Waals surface area contributed by atoms with Gasteiger partial charge >= 0.3 is 6.03 Å². The molecule has 4 amide bonds. The molecule has 190 valence electrons. The topological polar surface area (TPSA) is 91.8 Å². The van der Waals surface area contributed by atoms with Crippen molar-refractivity contribution in [1.29, 1.82) is 0 Å². The highest BCUT2D eigenvalue weighted by atomic mass is 19.2. The molecule has 3 saturated heterocycles. The maximum Gasteiger partial charge on any atom is 0.325 e. The molecule has 3 aliphatic rings. The number of nitrogens with one attached hydrogen (secondary N) is 1. The van der Waals surface area contributed by atoms with Crippen molar-refractivity contribution in [3.05, 3.63) is 65.5 Å². The highest BCUT2D eigenvalue weighted by Gasteiger charge is 2.57. The van der Waals surface area contributed by atoms with Gasteiger partial charge in [0.2, 0.25) is 5.91 Å². The first-order valence-corrected chi connectivity index (χ1v) is 12.3. The van der Waals surface area contributed by atoms with Crippen LogP contribution in [-0.4, -0.2) is 65.0 Å². The number of benzene rings is 1. The molecule has 2 aromatic rings. The van der Waals surface area contributed by atoms with E-state index in [1.165, 1.54) is 17.0 Å². The van der Waals surface area contributed by atoms with E-state index in [1.807, 2.05) is 0 Å². The van der Waals surface area contributed by atoms with Crippen molar-refractivity contribution in [1.82, 2.24) is 20.1 Å². The number of urea groups is 1. The zero-order valence-electron chi connectivity index (χ0n) is 19.8. The summed E-state index contributed by atoms with van der Waals surface area (Å²) < 4.78 is 33.3. The Morgan fingerprint density at radius 1 is 1.14 bits per heavy atom. The lowest BCUT2D eigenvalue weighted by atomic mass is 9.73. The number of ether oxygens (including phenoxy) is 1. The van der Waals surface area contributed by atoms with Crippen LogP contribution in [0.25, 0.3) is 0 Å². The molecule has 0 radical (unpaired) electrons. The molecule has 3 fully saturated rings. The van der Waals surface area contributed by atoms with Crippen LogP contribution < -0.4 is 5.32 Å². The van der Waals surface area contributed by atoms with Crippen molar-refractivity contribution < 1.29 is 27.9 Å². The Balaban J connectivity index is 1.33. The second-order valence-electron chi connectivity index (χ2n) is 9.58. The summed E-state index contributed by atoms with van der Waals surface area (Å²) in [4.78, 5) is 46.7. The number of hydrogen-bond acceptors (Lipinski definition) is 5. The van der Waals surface area contributed by atoms with Crippen molar-refractivity contribution >= 4 is 17.8 Å². The highest BCUT2D eigenvalue weighted by molar-refractivity contribution is 6.07. The molecule has 0 unspecified atom stereocenters. The van der Waals surface area contributed by atoms with Gasteiger partial charge in [0, 0.05) is 43.2 Å². The van der Waals surface area contributed by atoms with Crippen LogP contribution in [0.4, 0.5) is 13.6 Å². The standard InChI is InChI=1S/C26H28F2N4O4/c27-21-7-1-4-17(23(21)28)14-22(33)31-11-8-18(9-12-31)26(19-5-2-10-29-15-19)24(34)32(25(35)30-26)16-20-6-3-13-36-20/h1-2,4-5,7,10,15,18,20H,3,6,8-9,11-14,16H2,(H,30,35)/t20-,26-/m1/s1. The fourth-order valence-corrected chi connectivity index (χ4v) is 5.58. The van der Waals surface area contributed by atoms with Gasteiger partial charge in [-0.1, -0.05) is 18.2 Å². The van der Waals surface area contributed by atoms with Gasteiger partial charge in [-0.3, -0.25) is 19.5 Å². The normalized spacial score (nSPS) is 24.9. The molecular formula is C26H28F2N4O4. The minimum Gasteiger partial charge on any atom is -0.376 e. The van der Waals surface area contributed by atoms with Crippen LogP contribution in [0.3, 0.4) is 0 Å². The lowest BCUT2D eigenvalue weighted by molar-refractivity contribution is -0.137. The molecule has 4 heterocycles. The van der Waals surface area contributed by atoms with Gasteiger partial charge in [-0.25, -0.2) is 13.6 Å². The van der Waals surface area contributed by atoms with Gasteiger partial charge in [-0.05, 0) is 43.7 Å². The third kappa shape index (κ3) is 4.34. The number of rotatable bonds is 6. The lowest BCUT2D eigenvalue weighted by Gasteiger charge is -2.41. The van der Waals surface area contributed by atoms with E-state index in [-0.39, 0.29) is 42.4 Å². The van der Waals surface area contributed by atoms with E-state index in [9.17, 15) is 23.2 Å². The molecule has 0 bridgehead atoms. The molecule has 0 spiro atoms. The predicted octanol–water partition coefficient (Wildman–Crippen LogP) is 2.77. The minimum absolute atomic E-state index is 0.0111. The van der Waals surface area contributed by atoms with Crippen molar-refractivity contribution in [3.63, 3.8) is 0 Å². The summed E-state index contributed by atoms with van der Waals surface area (Å²) in [5, 5.41) is 2.97. The first-order chi connectivity index (χ1) is 17.4. The number of imide groups is 1. The maximum atomic E-state index is 14.1. The summed E-state index contributed by atoms with van der Waals surface area (Å²) in [6, 6.07) is 6.84. The number of aromatic nitrogens is 1. The molecular weight excluding hydrogens is 470 g/mol. The first kappa shape index (κ1) is 24.3. The van der Waals surface area contributed by atoms with E-state index in [4.69, 9.17) is 4.74 Å². The van der Waals surface area contributed by atoms with Gasteiger partial charge in [0.1, 0.15) is 0 Å². The number of amides is 4. The number of carbonyl (C=O) groups excluding carboxylic acids is 3. The fraction of sp³-hybridized carbons (Fsp3) is 0.462. The van der Waals surface area contributed by atoms with Gasteiger partial charge in [0.25, 0.3) is 5.91 Å². The Hall–Kier alpha value is -3.40. The molecule has 1 aromatic heterocycles. The molecule has 1 aromatic carbocycles. The first-order valence-electron chi connectivity index (χ1n) is 12.3. The van der Waals surface area contributed by atoms with E-state index < -0.39 is 23.2 Å². The van der Waals surface area contributed by atoms with Crippen LogP contribution in [-0.2, 0) is 26.3 Å². The summed E-state index contributed by atoms with van der Waals surface area (Å²) in [6.07, 6.45) is 5.38. The molecule has 10 heteroatoms. The molecule has 36 heavy (non-hydrogen) atoms. The van der Waals surface area contributed by atoms with E-state index in [2.05, 4.69) is 10.3 Å². The maximum absolute atomic E-state index is 14.1. The van der Waals surface area contributed by atoms with Crippen LogP contribution in [0.1, 0.15) is 36.8 Å². The average Bonchev–Trinajstić information content (AvgIpc) is 3.50. The lowest BCUT2D eigenvalue weighted by Crippen LogP contribution is -2.54. The summed E-state index contributed by atoms with van der Waals surface area (Å²) >= 11 is 0. The quantitative estimate of drug-likeness (QED) is 0.619. The largest absolute Gasteiger partial charge is 0.376 e. The predicted molar refractivity (Wildman–Crippen MR) is 124 cm³/mol. The number of nitrogens with zero attached hydrogens (tertiary/aromatic N) is 3.